The quantitative estimate of drug-likeness (QED) is 0.929. The van der Waals surface area contributed by atoms with Crippen LogP contribution in [0.25, 0.3) is 0 Å². The minimum absolute atomic E-state index is 0.0726. The lowest BCUT2D eigenvalue weighted by Gasteiger charge is -2.23. The van der Waals surface area contributed by atoms with E-state index in [0.717, 1.165) is 11.4 Å². The Bertz CT molecular complexity index is 592. The van der Waals surface area contributed by atoms with Crippen molar-refractivity contribution >= 4 is 11.8 Å². The smallest absolute Gasteiger partial charge is 0.255 e. The summed E-state index contributed by atoms with van der Waals surface area (Å²) in [5.41, 5.74) is 2.54. The molecule has 1 aliphatic rings. The summed E-state index contributed by atoms with van der Waals surface area (Å²) in [4.78, 5) is 26.1. The number of hydrogen-bond donors (Lipinski definition) is 1. The predicted molar refractivity (Wildman–Crippen MR) is 87.0 cm³/mol. The van der Waals surface area contributed by atoms with Crippen molar-refractivity contribution in [3.8, 4) is 0 Å². The summed E-state index contributed by atoms with van der Waals surface area (Å²) in [5, 5.41) is 2.88. The third-order valence-electron chi connectivity index (χ3n) is 3.87. The maximum Gasteiger partial charge on any atom is 0.255 e. The first-order valence-electron chi connectivity index (χ1n) is 7.85. The van der Waals surface area contributed by atoms with Gasteiger partial charge in [-0.1, -0.05) is 0 Å². The molecule has 0 unspecified atom stereocenters. The average molecular weight is 305 g/mol. The fourth-order valence-corrected chi connectivity index (χ4v) is 2.84. The number of aromatic nitrogens is 1. The zero-order valence-electron chi connectivity index (χ0n) is 14.5. The van der Waals surface area contributed by atoms with Crippen LogP contribution in [0.15, 0.2) is 6.07 Å². The van der Waals surface area contributed by atoms with E-state index in [1.165, 1.54) is 17.7 Å². The number of carbonyl (C=O) groups is 2. The molecule has 0 saturated heterocycles. The first kappa shape index (κ1) is 16.6. The van der Waals surface area contributed by atoms with E-state index >= 15 is 0 Å². The average Bonchev–Trinajstić information content (AvgIpc) is 3.12. The van der Waals surface area contributed by atoms with E-state index in [9.17, 15) is 9.59 Å². The molecule has 1 saturated carbocycles. The summed E-state index contributed by atoms with van der Waals surface area (Å²) in [5.74, 6) is -0.233. The molecule has 5 nitrogen and oxygen atoms in total. The van der Waals surface area contributed by atoms with Gasteiger partial charge in [-0.05, 0) is 53.5 Å². The SMILES string of the molecule is Cc1cc(C(=O)N(C)CC(=O)NC(C)(C)C)c(C)n1C1CC1. The van der Waals surface area contributed by atoms with E-state index < -0.39 is 0 Å². The van der Waals surface area contributed by atoms with Crippen molar-refractivity contribution in [1.29, 1.82) is 0 Å². The van der Waals surface area contributed by atoms with E-state index in [1.807, 2.05) is 40.7 Å². The topological polar surface area (TPSA) is 54.3 Å². The van der Waals surface area contributed by atoms with Crippen molar-refractivity contribution in [2.24, 2.45) is 0 Å². The molecule has 1 fully saturated rings. The van der Waals surface area contributed by atoms with E-state index in [0.29, 0.717) is 11.6 Å². The first-order chi connectivity index (χ1) is 10.1. The van der Waals surface area contributed by atoms with Gasteiger partial charge in [0.05, 0.1) is 12.1 Å². The molecule has 1 heterocycles. The van der Waals surface area contributed by atoms with E-state index in [2.05, 4.69) is 9.88 Å². The molecule has 0 atom stereocenters. The van der Waals surface area contributed by atoms with Crippen molar-refractivity contribution in [3.05, 3.63) is 23.0 Å². The van der Waals surface area contributed by atoms with Gasteiger partial charge in [-0.2, -0.15) is 0 Å². The highest BCUT2D eigenvalue weighted by molar-refractivity contribution is 5.97. The molecule has 22 heavy (non-hydrogen) atoms. The van der Waals surface area contributed by atoms with Crippen LogP contribution in [0, 0.1) is 13.8 Å². The molecule has 1 aromatic heterocycles. The van der Waals surface area contributed by atoms with Gasteiger partial charge in [0.25, 0.3) is 5.91 Å². The number of aryl methyl sites for hydroxylation is 1. The number of nitrogens with zero attached hydrogens (tertiary/aromatic N) is 2. The fourth-order valence-electron chi connectivity index (χ4n) is 2.84. The molecule has 2 rings (SSSR count). The Balaban J connectivity index is 2.08. The second kappa shape index (κ2) is 5.78. The second-order valence-corrected chi connectivity index (χ2v) is 7.35. The molecule has 1 N–H and O–H groups in total. The lowest BCUT2D eigenvalue weighted by atomic mass is 10.1. The zero-order valence-corrected chi connectivity index (χ0v) is 14.5. The lowest BCUT2D eigenvalue weighted by molar-refractivity contribution is -0.122. The van der Waals surface area contributed by atoms with Gasteiger partial charge >= 0.3 is 0 Å². The number of nitrogens with one attached hydrogen (secondary N) is 1. The van der Waals surface area contributed by atoms with Crippen LogP contribution in [0.3, 0.4) is 0 Å². The van der Waals surface area contributed by atoms with Gasteiger partial charge in [0.15, 0.2) is 0 Å². The Hall–Kier alpha value is -1.78. The largest absolute Gasteiger partial charge is 0.350 e. The normalized spacial score (nSPS) is 14.8. The number of likely N-dealkylation sites (N-methyl/N-ethyl adjacent to an activating group) is 1. The molecule has 0 aromatic carbocycles. The number of amides is 2. The van der Waals surface area contributed by atoms with Crippen LogP contribution in [-0.2, 0) is 4.79 Å². The van der Waals surface area contributed by atoms with Gasteiger partial charge in [0.1, 0.15) is 0 Å². The third-order valence-corrected chi connectivity index (χ3v) is 3.87. The van der Waals surface area contributed by atoms with Crippen molar-refractivity contribution in [1.82, 2.24) is 14.8 Å². The summed E-state index contributed by atoms with van der Waals surface area (Å²) >= 11 is 0. The highest BCUT2D eigenvalue weighted by Crippen LogP contribution is 2.38. The van der Waals surface area contributed by atoms with Crippen molar-refractivity contribution in [3.63, 3.8) is 0 Å². The van der Waals surface area contributed by atoms with Crippen molar-refractivity contribution in [2.75, 3.05) is 13.6 Å². The summed E-state index contributed by atoms with van der Waals surface area (Å²) in [7, 11) is 1.67. The minimum Gasteiger partial charge on any atom is -0.350 e. The van der Waals surface area contributed by atoms with Crippen LogP contribution in [-0.4, -0.2) is 40.4 Å². The van der Waals surface area contributed by atoms with Crippen LogP contribution in [0.2, 0.25) is 0 Å². The molecule has 0 spiro atoms. The molecule has 122 valence electrons. The van der Waals surface area contributed by atoms with Crippen LogP contribution in [0.4, 0.5) is 0 Å². The molecule has 0 bridgehead atoms. The number of hydrogen-bond acceptors (Lipinski definition) is 2. The number of rotatable bonds is 4. The summed E-state index contributed by atoms with van der Waals surface area (Å²) < 4.78 is 2.25. The van der Waals surface area contributed by atoms with E-state index in [-0.39, 0.29) is 23.9 Å². The molecule has 2 amide bonds. The minimum atomic E-state index is -0.289. The molecule has 0 radical (unpaired) electrons. The summed E-state index contributed by atoms with van der Waals surface area (Å²) in [6, 6.07) is 2.49. The second-order valence-electron chi connectivity index (χ2n) is 7.35. The van der Waals surface area contributed by atoms with Gasteiger partial charge in [-0.25, -0.2) is 0 Å². The Morgan fingerprint density at radius 3 is 2.41 bits per heavy atom. The maximum atomic E-state index is 12.6. The van der Waals surface area contributed by atoms with Crippen LogP contribution < -0.4 is 5.32 Å². The Morgan fingerprint density at radius 2 is 1.91 bits per heavy atom. The molecule has 5 heteroatoms. The van der Waals surface area contributed by atoms with Crippen LogP contribution in [0.5, 0.6) is 0 Å². The van der Waals surface area contributed by atoms with Gasteiger partial charge in [-0.3, -0.25) is 9.59 Å². The van der Waals surface area contributed by atoms with Crippen molar-refractivity contribution in [2.45, 2.75) is 59.0 Å². The standard InChI is InChI=1S/C17H27N3O2/c1-11-9-14(12(2)20(11)13-7-8-13)16(22)19(6)10-15(21)18-17(3,4)5/h9,13H,7-8,10H2,1-6H3,(H,18,21). The van der Waals surface area contributed by atoms with E-state index in [4.69, 9.17) is 0 Å². The van der Waals surface area contributed by atoms with Crippen molar-refractivity contribution < 1.29 is 9.59 Å². The third kappa shape index (κ3) is 3.70. The molecule has 1 aliphatic carbocycles. The number of carbonyl (C=O) groups excluding carboxylic acids is 2. The highest BCUT2D eigenvalue weighted by Gasteiger charge is 2.29. The molecular formula is C17H27N3O2. The molecule has 0 aliphatic heterocycles. The first-order valence-corrected chi connectivity index (χ1v) is 7.85. The van der Waals surface area contributed by atoms with Gasteiger partial charge in [0.2, 0.25) is 5.91 Å². The summed E-state index contributed by atoms with van der Waals surface area (Å²) in [6.45, 7) is 9.88. The van der Waals surface area contributed by atoms with Crippen LogP contribution in [0.1, 0.15) is 61.4 Å². The van der Waals surface area contributed by atoms with Gasteiger partial charge in [-0.15, -0.1) is 0 Å². The predicted octanol–water partition coefficient (Wildman–Crippen LogP) is 2.43. The molecular weight excluding hydrogens is 278 g/mol. The van der Waals surface area contributed by atoms with Gasteiger partial charge < -0.3 is 14.8 Å². The monoisotopic (exact) mass is 305 g/mol. The van der Waals surface area contributed by atoms with E-state index in [1.54, 1.807) is 7.05 Å². The van der Waals surface area contributed by atoms with Crippen LogP contribution >= 0.6 is 0 Å². The summed E-state index contributed by atoms with van der Waals surface area (Å²) in [6.07, 6.45) is 2.38. The Morgan fingerprint density at radius 1 is 1.32 bits per heavy atom. The Labute approximate surface area is 132 Å². The highest BCUT2D eigenvalue weighted by atomic mass is 16.2. The fraction of sp³-hybridized carbons (Fsp3) is 0.647. The van der Waals surface area contributed by atoms with Gasteiger partial charge in [0, 0.05) is 30.0 Å². The lowest BCUT2D eigenvalue weighted by Crippen LogP contribution is -2.46. The maximum absolute atomic E-state index is 12.6. The molecule has 1 aromatic rings. The Kier molecular flexibility index (Phi) is 4.36. The zero-order chi connectivity index (χ0) is 16.7.